The fourth-order valence-electron chi connectivity index (χ4n) is 4.74. The van der Waals surface area contributed by atoms with E-state index >= 15 is 0 Å². The Morgan fingerprint density at radius 3 is 2.42 bits per heavy atom. The largest absolute Gasteiger partial charge is 0.337 e. The third-order valence-electron chi connectivity index (χ3n) is 6.92. The van der Waals surface area contributed by atoms with E-state index in [1.165, 1.54) is 12.1 Å². The zero-order valence-electron chi connectivity index (χ0n) is 21.2. The summed E-state index contributed by atoms with van der Waals surface area (Å²) in [6, 6.07) is 24.1. The average molecular weight is 531 g/mol. The molecule has 1 aliphatic rings. The number of amides is 3. The van der Waals surface area contributed by atoms with Crippen LogP contribution in [0.5, 0.6) is 0 Å². The molecule has 3 aromatic carbocycles. The lowest BCUT2D eigenvalue weighted by Crippen LogP contribution is -2.51. The second kappa shape index (κ2) is 12.2. The quantitative estimate of drug-likeness (QED) is 0.329. The van der Waals surface area contributed by atoms with Gasteiger partial charge in [-0.05, 0) is 40.6 Å². The normalized spacial score (nSPS) is 14.0. The molecule has 0 radical (unpaired) electrons. The van der Waals surface area contributed by atoms with Gasteiger partial charge >= 0.3 is 6.03 Å². The van der Waals surface area contributed by atoms with Crippen LogP contribution in [0.1, 0.15) is 10.4 Å². The van der Waals surface area contributed by atoms with Crippen LogP contribution in [0.3, 0.4) is 0 Å². The highest BCUT2D eigenvalue weighted by Crippen LogP contribution is 2.23. The average Bonchev–Trinajstić information content (AvgIpc) is 3.45. The second-order valence-corrected chi connectivity index (χ2v) is 10.5. The van der Waals surface area contributed by atoms with Gasteiger partial charge in [-0.25, -0.2) is 9.18 Å². The van der Waals surface area contributed by atoms with Crippen LogP contribution in [0.25, 0.3) is 10.8 Å². The summed E-state index contributed by atoms with van der Waals surface area (Å²) in [7, 11) is 0. The van der Waals surface area contributed by atoms with Gasteiger partial charge in [0.05, 0.1) is 12.1 Å². The highest BCUT2D eigenvalue weighted by atomic mass is 32.1. The van der Waals surface area contributed by atoms with Crippen LogP contribution in [0.15, 0.2) is 84.2 Å². The summed E-state index contributed by atoms with van der Waals surface area (Å²) in [6.07, 6.45) is 0.362. The summed E-state index contributed by atoms with van der Waals surface area (Å²) in [6.45, 7) is 4.46. The van der Waals surface area contributed by atoms with Gasteiger partial charge in [0.25, 0.3) is 0 Å². The molecule has 0 spiro atoms. The molecule has 2 heterocycles. The number of nitrogens with zero attached hydrogens (tertiary/aromatic N) is 3. The summed E-state index contributed by atoms with van der Waals surface area (Å²) in [5.74, 6) is -0.225. The lowest BCUT2D eigenvalue weighted by atomic mass is 10.1. The van der Waals surface area contributed by atoms with Crippen molar-refractivity contribution in [2.45, 2.75) is 13.0 Å². The van der Waals surface area contributed by atoms with Crippen molar-refractivity contribution in [2.24, 2.45) is 0 Å². The monoisotopic (exact) mass is 530 g/mol. The molecule has 196 valence electrons. The molecule has 1 fully saturated rings. The van der Waals surface area contributed by atoms with Gasteiger partial charge in [0.2, 0.25) is 5.91 Å². The topological polar surface area (TPSA) is 55.9 Å². The van der Waals surface area contributed by atoms with Crippen molar-refractivity contribution in [1.29, 1.82) is 0 Å². The SMILES string of the molecule is O=C(Cc1cccs1)N(CCN1CCN(C(=O)Nc2cccc3ccccc23)CC1)Cc1ccc(F)cc1. The zero-order chi connectivity index (χ0) is 26.3. The molecular weight excluding hydrogens is 499 g/mol. The number of hydrogen-bond donors (Lipinski definition) is 1. The van der Waals surface area contributed by atoms with E-state index < -0.39 is 0 Å². The van der Waals surface area contributed by atoms with E-state index in [-0.39, 0.29) is 17.8 Å². The number of benzene rings is 3. The van der Waals surface area contributed by atoms with Gasteiger partial charge in [-0.3, -0.25) is 9.69 Å². The van der Waals surface area contributed by atoms with Crippen molar-refractivity contribution in [3.8, 4) is 0 Å². The minimum absolute atomic E-state index is 0.0601. The third-order valence-corrected chi connectivity index (χ3v) is 7.80. The van der Waals surface area contributed by atoms with E-state index in [2.05, 4.69) is 10.2 Å². The Labute approximate surface area is 226 Å². The first-order valence-corrected chi connectivity index (χ1v) is 13.7. The summed E-state index contributed by atoms with van der Waals surface area (Å²) in [5.41, 5.74) is 1.72. The molecule has 1 N–H and O–H groups in total. The van der Waals surface area contributed by atoms with Gasteiger partial charge < -0.3 is 15.1 Å². The zero-order valence-corrected chi connectivity index (χ0v) is 22.0. The molecule has 0 unspecified atom stereocenters. The molecular formula is C30H31FN4O2S. The summed E-state index contributed by atoms with van der Waals surface area (Å²) < 4.78 is 13.4. The van der Waals surface area contributed by atoms with Crippen LogP contribution in [-0.2, 0) is 17.8 Å². The van der Waals surface area contributed by atoms with Crippen LogP contribution >= 0.6 is 11.3 Å². The first-order valence-electron chi connectivity index (χ1n) is 12.9. The molecule has 0 atom stereocenters. The number of urea groups is 1. The Bertz CT molecular complexity index is 1360. The van der Waals surface area contributed by atoms with E-state index in [9.17, 15) is 14.0 Å². The van der Waals surface area contributed by atoms with Crippen molar-refractivity contribution in [3.63, 3.8) is 0 Å². The van der Waals surface area contributed by atoms with Gasteiger partial charge in [0.15, 0.2) is 0 Å². The summed E-state index contributed by atoms with van der Waals surface area (Å²) >= 11 is 1.58. The molecule has 1 aromatic heterocycles. The number of carbonyl (C=O) groups excluding carboxylic acids is 2. The number of piperazine rings is 1. The van der Waals surface area contributed by atoms with E-state index in [1.54, 1.807) is 23.5 Å². The van der Waals surface area contributed by atoms with Crippen molar-refractivity contribution in [3.05, 3.63) is 101 Å². The Morgan fingerprint density at radius 2 is 1.66 bits per heavy atom. The van der Waals surface area contributed by atoms with Crippen LogP contribution < -0.4 is 5.32 Å². The standard InChI is InChI=1S/C30H31FN4O2S/c31-25-12-10-23(11-13-25)22-35(29(36)21-26-7-4-20-38-26)19-16-33-14-17-34(18-15-33)30(37)32-28-9-3-6-24-5-1-2-8-27(24)28/h1-13,20H,14-19,21-22H2,(H,32,37). The van der Waals surface area contributed by atoms with Gasteiger partial charge in [-0.1, -0.05) is 54.6 Å². The van der Waals surface area contributed by atoms with Crippen molar-refractivity contribution in [1.82, 2.24) is 14.7 Å². The maximum atomic E-state index is 13.4. The molecule has 8 heteroatoms. The number of hydrogen-bond acceptors (Lipinski definition) is 4. The van der Waals surface area contributed by atoms with Crippen LogP contribution in [0.4, 0.5) is 14.9 Å². The van der Waals surface area contributed by atoms with E-state index in [1.807, 2.05) is 69.8 Å². The predicted octanol–water partition coefficient (Wildman–Crippen LogP) is 5.46. The Morgan fingerprint density at radius 1 is 0.895 bits per heavy atom. The van der Waals surface area contributed by atoms with Gasteiger partial charge in [0.1, 0.15) is 5.82 Å². The highest BCUT2D eigenvalue weighted by Gasteiger charge is 2.23. The van der Waals surface area contributed by atoms with Crippen molar-refractivity contribution in [2.75, 3.05) is 44.6 Å². The molecule has 5 rings (SSSR count). The number of halogens is 1. The Balaban J connectivity index is 1.15. The molecule has 0 saturated carbocycles. The fourth-order valence-corrected chi connectivity index (χ4v) is 5.44. The molecule has 3 amide bonds. The number of fused-ring (bicyclic) bond motifs is 1. The van der Waals surface area contributed by atoms with E-state index in [0.29, 0.717) is 32.6 Å². The fraction of sp³-hybridized carbons (Fsp3) is 0.267. The van der Waals surface area contributed by atoms with Crippen LogP contribution in [0.2, 0.25) is 0 Å². The number of nitrogens with one attached hydrogen (secondary N) is 1. The second-order valence-electron chi connectivity index (χ2n) is 9.48. The van der Waals surface area contributed by atoms with E-state index in [0.717, 1.165) is 46.5 Å². The first-order chi connectivity index (χ1) is 18.5. The lowest BCUT2D eigenvalue weighted by Gasteiger charge is -2.36. The van der Waals surface area contributed by atoms with Crippen molar-refractivity contribution >= 4 is 39.7 Å². The maximum absolute atomic E-state index is 13.4. The molecule has 0 aliphatic carbocycles. The Hall–Kier alpha value is -3.75. The predicted molar refractivity (Wildman–Crippen MR) is 151 cm³/mol. The van der Waals surface area contributed by atoms with Crippen LogP contribution in [-0.4, -0.2) is 65.9 Å². The minimum atomic E-state index is -0.285. The molecule has 0 bridgehead atoms. The van der Waals surface area contributed by atoms with Gasteiger partial charge in [-0.15, -0.1) is 11.3 Å². The minimum Gasteiger partial charge on any atom is -0.337 e. The molecule has 4 aromatic rings. The number of anilines is 1. The molecule has 1 aliphatic heterocycles. The smallest absolute Gasteiger partial charge is 0.321 e. The number of thiophene rings is 1. The first kappa shape index (κ1) is 25.9. The molecule has 1 saturated heterocycles. The van der Waals surface area contributed by atoms with Crippen molar-refractivity contribution < 1.29 is 14.0 Å². The van der Waals surface area contributed by atoms with Gasteiger partial charge in [0, 0.05) is 56.1 Å². The molecule has 6 nitrogen and oxygen atoms in total. The van der Waals surface area contributed by atoms with E-state index in [4.69, 9.17) is 0 Å². The number of rotatable bonds is 8. The van der Waals surface area contributed by atoms with Crippen LogP contribution in [0, 0.1) is 5.82 Å². The van der Waals surface area contributed by atoms with Gasteiger partial charge in [-0.2, -0.15) is 0 Å². The third kappa shape index (κ3) is 6.57. The lowest BCUT2D eigenvalue weighted by molar-refractivity contribution is -0.131. The highest BCUT2D eigenvalue weighted by molar-refractivity contribution is 7.10. The summed E-state index contributed by atoms with van der Waals surface area (Å²) in [5, 5.41) is 7.17. The Kier molecular flexibility index (Phi) is 8.31. The molecule has 38 heavy (non-hydrogen) atoms. The maximum Gasteiger partial charge on any atom is 0.321 e. The summed E-state index contributed by atoms with van der Waals surface area (Å²) in [4.78, 5) is 33.1. The number of carbonyl (C=O) groups is 2.